The van der Waals surface area contributed by atoms with E-state index in [4.69, 9.17) is 0 Å². The third-order valence-electron chi connectivity index (χ3n) is 6.57. The number of aryl methyl sites for hydroxylation is 2. The zero-order valence-corrected chi connectivity index (χ0v) is 21.6. The van der Waals surface area contributed by atoms with Crippen LogP contribution in [0.15, 0.2) is 48.5 Å². The van der Waals surface area contributed by atoms with Gasteiger partial charge < -0.3 is 0 Å². The molecule has 0 bridgehead atoms. The van der Waals surface area contributed by atoms with Crippen molar-refractivity contribution >= 4 is 10.1 Å². The van der Waals surface area contributed by atoms with Crippen molar-refractivity contribution in [1.29, 1.82) is 0 Å². The number of hydrogen-bond acceptors (Lipinski definition) is 2. The van der Waals surface area contributed by atoms with Crippen LogP contribution >= 0.6 is 0 Å². The average Bonchev–Trinajstić information content (AvgIpc) is 2.79. The predicted molar refractivity (Wildman–Crippen MR) is 140 cm³/mol. The van der Waals surface area contributed by atoms with E-state index in [0.29, 0.717) is 0 Å². The molecule has 0 amide bonds. The normalized spacial score (nSPS) is 11.9. The van der Waals surface area contributed by atoms with E-state index in [1.54, 1.807) is 0 Å². The standard InChI is InChI=1S/C29H44O3S/c1-3-5-7-9-11-13-19-25-21-15-17-23-27(25)29(33(30,31)32)28-24-18-16-22-26(28)20-14-12-10-8-6-4-2/h15-18,21-24,29H,3-14,19-20H2,1-2H3,(H,30,31,32). The first kappa shape index (κ1) is 27.6. The maximum Gasteiger partial charge on any atom is 0.276 e. The molecule has 0 aliphatic heterocycles. The maximum absolute atomic E-state index is 12.7. The molecule has 0 unspecified atom stereocenters. The van der Waals surface area contributed by atoms with Crippen LogP contribution in [0.1, 0.15) is 118 Å². The first-order valence-corrected chi connectivity index (χ1v) is 14.6. The number of benzene rings is 2. The first-order chi connectivity index (χ1) is 16.0. The Morgan fingerprint density at radius 1 is 0.606 bits per heavy atom. The van der Waals surface area contributed by atoms with Crippen LogP contribution in [0.5, 0.6) is 0 Å². The Labute approximate surface area is 202 Å². The van der Waals surface area contributed by atoms with Crippen molar-refractivity contribution in [3.63, 3.8) is 0 Å². The first-order valence-electron chi connectivity index (χ1n) is 13.1. The van der Waals surface area contributed by atoms with Gasteiger partial charge in [-0.1, -0.05) is 127 Å². The minimum absolute atomic E-state index is 0.726. The smallest absolute Gasteiger partial charge is 0.276 e. The quantitative estimate of drug-likeness (QED) is 0.185. The van der Waals surface area contributed by atoms with Gasteiger partial charge in [0.15, 0.2) is 0 Å². The molecule has 0 saturated heterocycles. The number of unbranched alkanes of at least 4 members (excludes halogenated alkanes) is 10. The zero-order chi connectivity index (χ0) is 23.9. The molecule has 0 aliphatic carbocycles. The molecule has 0 spiro atoms. The largest absolute Gasteiger partial charge is 0.285 e. The van der Waals surface area contributed by atoms with Crippen molar-refractivity contribution in [2.24, 2.45) is 0 Å². The zero-order valence-electron chi connectivity index (χ0n) is 20.8. The molecule has 184 valence electrons. The summed E-state index contributed by atoms with van der Waals surface area (Å²) in [4.78, 5) is 0. The lowest BCUT2D eigenvalue weighted by molar-refractivity contribution is 0.474. The molecular weight excluding hydrogens is 428 g/mol. The molecule has 33 heavy (non-hydrogen) atoms. The second kappa shape index (κ2) is 15.3. The van der Waals surface area contributed by atoms with Gasteiger partial charge in [-0.15, -0.1) is 0 Å². The Morgan fingerprint density at radius 3 is 1.36 bits per heavy atom. The molecule has 0 aromatic heterocycles. The number of hydrogen-bond donors (Lipinski definition) is 1. The van der Waals surface area contributed by atoms with Gasteiger partial charge in [0.25, 0.3) is 10.1 Å². The molecule has 4 heteroatoms. The van der Waals surface area contributed by atoms with E-state index in [9.17, 15) is 13.0 Å². The second-order valence-electron chi connectivity index (χ2n) is 9.33. The van der Waals surface area contributed by atoms with Crippen molar-refractivity contribution in [3.8, 4) is 0 Å². The van der Waals surface area contributed by atoms with Crippen LogP contribution in [0.4, 0.5) is 0 Å². The van der Waals surface area contributed by atoms with Gasteiger partial charge in [0, 0.05) is 0 Å². The van der Waals surface area contributed by atoms with Crippen LogP contribution in [0.2, 0.25) is 0 Å². The summed E-state index contributed by atoms with van der Waals surface area (Å²) in [7, 11) is -4.30. The summed E-state index contributed by atoms with van der Waals surface area (Å²) < 4.78 is 35.7. The van der Waals surface area contributed by atoms with Gasteiger partial charge in [0.05, 0.1) is 0 Å². The minimum atomic E-state index is -4.30. The van der Waals surface area contributed by atoms with Crippen LogP contribution in [-0.4, -0.2) is 13.0 Å². The summed E-state index contributed by atoms with van der Waals surface area (Å²) in [6, 6.07) is 15.5. The van der Waals surface area contributed by atoms with Crippen LogP contribution < -0.4 is 0 Å². The van der Waals surface area contributed by atoms with Gasteiger partial charge in [-0.2, -0.15) is 8.42 Å². The van der Waals surface area contributed by atoms with E-state index in [1.807, 2.05) is 48.5 Å². The highest BCUT2D eigenvalue weighted by Gasteiger charge is 2.30. The average molecular weight is 473 g/mol. The molecule has 0 heterocycles. The molecule has 0 atom stereocenters. The molecule has 2 aromatic carbocycles. The monoisotopic (exact) mass is 472 g/mol. The van der Waals surface area contributed by atoms with Gasteiger partial charge in [-0.25, -0.2) is 0 Å². The third-order valence-corrected chi connectivity index (χ3v) is 7.68. The summed E-state index contributed by atoms with van der Waals surface area (Å²) in [5.74, 6) is 0. The van der Waals surface area contributed by atoms with Crippen LogP contribution in [0, 0.1) is 0 Å². The van der Waals surface area contributed by atoms with Gasteiger partial charge in [0.1, 0.15) is 5.25 Å². The summed E-state index contributed by atoms with van der Waals surface area (Å²) in [5, 5.41) is -1.02. The molecule has 2 aromatic rings. The lowest BCUT2D eigenvalue weighted by Crippen LogP contribution is -2.17. The Hall–Kier alpha value is -1.65. The molecule has 0 saturated carbocycles. The van der Waals surface area contributed by atoms with Crippen LogP contribution in [-0.2, 0) is 23.0 Å². The van der Waals surface area contributed by atoms with Gasteiger partial charge >= 0.3 is 0 Å². The Kier molecular flexibility index (Phi) is 12.8. The highest BCUT2D eigenvalue weighted by Crippen LogP contribution is 2.35. The SMILES string of the molecule is CCCCCCCCc1ccccc1C(c1ccccc1CCCCCCCC)S(=O)(=O)O. The molecule has 1 N–H and O–H groups in total. The summed E-state index contributed by atoms with van der Waals surface area (Å²) in [6.07, 6.45) is 16.0. The summed E-state index contributed by atoms with van der Waals surface area (Å²) >= 11 is 0. The highest BCUT2D eigenvalue weighted by molar-refractivity contribution is 7.86. The fraction of sp³-hybridized carbons (Fsp3) is 0.586. The third kappa shape index (κ3) is 9.62. The van der Waals surface area contributed by atoms with E-state index >= 15 is 0 Å². The van der Waals surface area contributed by atoms with E-state index in [1.165, 1.54) is 51.4 Å². The van der Waals surface area contributed by atoms with E-state index in [0.717, 1.165) is 60.8 Å². The van der Waals surface area contributed by atoms with Gasteiger partial charge in [0.2, 0.25) is 0 Å². The van der Waals surface area contributed by atoms with Crippen LogP contribution in [0.3, 0.4) is 0 Å². The lowest BCUT2D eigenvalue weighted by Gasteiger charge is -2.21. The van der Waals surface area contributed by atoms with E-state index in [2.05, 4.69) is 13.8 Å². The summed E-state index contributed by atoms with van der Waals surface area (Å²) in [5.41, 5.74) is 3.52. The second-order valence-corrected chi connectivity index (χ2v) is 10.8. The Balaban J connectivity index is 2.20. The molecule has 0 fully saturated rings. The summed E-state index contributed by atoms with van der Waals surface area (Å²) in [6.45, 7) is 4.44. The molecule has 2 rings (SSSR count). The van der Waals surface area contributed by atoms with Gasteiger partial charge in [-0.05, 0) is 47.9 Å². The van der Waals surface area contributed by atoms with Gasteiger partial charge in [-0.3, -0.25) is 4.55 Å². The fourth-order valence-corrected chi connectivity index (χ4v) is 5.82. The van der Waals surface area contributed by atoms with Crippen molar-refractivity contribution in [3.05, 3.63) is 70.8 Å². The molecular formula is C29H44O3S. The van der Waals surface area contributed by atoms with E-state index in [-0.39, 0.29) is 0 Å². The molecule has 0 aliphatic rings. The Morgan fingerprint density at radius 2 is 0.970 bits per heavy atom. The Bertz CT molecular complexity index is 845. The lowest BCUT2D eigenvalue weighted by atomic mass is 9.91. The topological polar surface area (TPSA) is 54.4 Å². The van der Waals surface area contributed by atoms with Crippen LogP contribution in [0.25, 0.3) is 0 Å². The van der Waals surface area contributed by atoms with Crippen molar-refractivity contribution < 1.29 is 13.0 Å². The predicted octanol–water partition coefficient (Wildman–Crippen LogP) is 8.47. The maximum atomic E-state index is 12.7. The van der Waals surface area contributed by atoms with Crippen molar-refractivity contribution in [2.75, 3.05) is 0 Å². The van der Waals surface area contributed by atoms with E-state index < -0.39 is 15.4 Å². The number of rotatable bonds is 17. The van der Waals surface area contributed by atoms with Crippen molar-refractivity contribution in [1.82, 2.24) is 0 Å². The molecule has 0 radical (unpaired) electrons. The molecule has 3 nitrogen and oxygen atoms in total. The fourth-order valence-electron chi connectivity index (χ4n) is 4.72. The highest BCUT2D eigenvalue weighted by atomic mass is 32.2. The van der Waals surface area contributed by atoms with Crippen molar-refractivity contribution in [2.45, 2.75) is 109 Å². The minimum Gasteiger partial charge on any atom is -0.285 e.